The van der Waals surface area contributed by atoms with E-state index in [1.54, 1.807) is 31.4 Å². The molecule has 272 valence electrons. The fourth-order valence-corrected chi connectivity index (χ4v) is 8.96. The van der Waals surface area contributed by atoms with E-state index < -0.39 is 69.1 Å². The smallest absolute Gasteiger partial charge is 0.338 e. The van der Waals surface area contributed by atoms with Crippen LogP contribution in [-0.4, -0.2) is 90.8 Å². The fourth-order valence-electron chi connectivity index (χ4n) is 5.89. The molecule has 0 unspecified atom stereocenters. The highest BCUT2D eigenvalue weighted by Crippen LogP contribution is 2.47. The van der Waals surface area contributed by atoms with Gasteiger partial charge in [0.1, 0.15) is 12.2 Å². The Morgan fingerprint density at radius 1 is 0.939 bits per heavy atom. The van der Waals surface area contributed by atoms with Crippen molar-refractivity contribution in [1.29, 1.82) is 0 Å². The first-order chi connectivity index (χ1) is 23.0. The number of ether oxygens (including phenoxy) is 7. The molecule has 9 nitrogen and oxygen atoms in total. The van der Waals surface area contributed by atoms with Gasteiger partial charge >= 0.3 is 5.97 Å². The van der Waals surface area contributed by atoms with Gasteiger partial charge in [0.25, 0.3) is 0 Å². The molecule has 0 amide bonds. The van der Waals surface area contributed by atoms with Gasteiger partial charge < -0.3 is 37.6 Å². The van der Waals surface area contributed by atoms with Gasteiger partial charge in [-0.05, 0) is 75.1 Å². The summed E-state index contributed by atoms with van der Waals surface area (Å²) in [7, 11) is -0.829. The molecule has 2 aromatic rings. The number of carbonyl (C=O) groups is 1. The first-order valence-corrected chi connectivity index (χ1v) is 22.3. The predicted octanol–water partition coefficient (Wildman–Crippen LogP) is 7.94. The molecule has 0 spiro atoms. The van der Waals surface area contributed by atoms with Crippen LogP contribution in [0.15, 0.2) is 60.7 Å². The first-order valence-electron chi connectivity index (χ1n) is 16.5. The summed E-state index contributed by atoms with van der Waals surface area (Å²) in [6, 6.07) is 18.8. The Labute approximate surface area is 316 Å². The summed E-state index contributed by atoms with van der Waals surface area (Å²) in [5.74, 6) is -0.493. The number of thiocarbonyl (C=S) groups is 1. The van der Waals surface area contributed by atoms with Crippen molar-refractivity contribution < 1.29 is 42.4 Å². The maximum atomic E-state index is 13.2. The number of benzene rings is 2. The van der Waals surface area contributed by atoms with Gasteiger partial charge in [0.2, 0.25) is 4.38 Å². The molecule has 2 aromatic carbocycles. The Morgan fingerprint density at radius 2 is 1.53 bits per heavy atom. The molecule has 4 rings (SSSR count). The number of halogens is 1. The lowest BCUT2D eigenvalue weighted by atomic mass is 9.88. The Kier molecular flexibility index (Phi) is 14.2. The lowest BCUT2D eigenvalue weighted by molar-refractivity contribution is -0.344. The SMILES string of the molecule is CO[C@@H]1[C@@H](OC(=S)SC)[C@H](O[C@H]2[C@H](C)O[C@@H](OCc3ccccc3)[C@H](I)[C@]2(C)O[Si](C)(C)C(C)(C)C)O[C@H](C)[C@H]1OC(=O)c1ccccc1. The van der Waals surface area contributed by atoms with Gasteiger partial charge in [0.05, 0.1) is 33.9 Å². The molecule has 13 heteroatoms. The van der Waals surface area contributed by atoms with Crippen LogP contribution < -0.4 is 0 Å². The molecule has 2 saturated heterocycles. The normalized spacial score (nSPS) is 32.3. The predicted molar refractivity (Wildman–Crippen MR) is 207 cm³/mol. The van der Waals surface area contributed by atoms with Crippen molar-refractivity contribution in [3.8, 4) is 0 Å². The van der Waals surface area contributed by atoms with Gasteiger partial charge in [-0.2, -0.15) is 0 Å². The highest BCUT2D eigenvalue weighted by molar-refractivity contribution is 14.1. The molecule has 0 radical (unpaired) electrons. The highest BCUT2D eigenvalue weighted by Gasteiger charge is 2.60. The van der Waals surface area contributed by atoms with Gasteiger partial charge in [-0.25, -0.2) is 4.79 Å². The second kappa shape index (κ2) is 17.1. The Morgan fingerprint density at radius 3 is 2.10 bits per heavy atom. The minimum absolute atomic E-state index is 0.0815. The number of hydrogen-bond donors (Lipinski definition) is 0. The van der Waals surface area contributed by atoms with Gasteiger partial charge in [0.15, 0.2) is 33.1 Å². The van der Waals surface area contributed by atoms with Gasteiger partial charge in [0, 0.05) is 7.11 Å². The first kappa shape index (κ1) is 40.6. The monoisotopic (exact) mass is 846 g/mol. The van der Waals surface area contributed by atoms with Gasteiger partial charge in [-0.3, -0.25) is 0 Å². The Bertz CT molecular complexity index is 1380. The van der Waals surface area contributed by atoms with Crippen molar-refractivity contribution in [2.24, 2.45) is 0 Å². The maximum absolute atomic E-state index is 13.2. The maximum Gasteiger partial charge on any atom is 0.338 e. The molecule has 49 heavy (non-hydrogen) atoms. The standard InChI is InChI=1S/C36H51IO9S2Si/c1-22-26(43-31(38)25-19-15-12-16-20-25)27(39-7)28(44-34(47)48-8)32(41-22)45-30-23(2)42-33(40-21-24-17-13-11-14-18-24)29(37)36(30,6)46-49(9,10)35(3,4)5/h11-20,22-23,26-30,32-33H,21H2,1-10H3/t22-,23+,26-,27+,28-,29+,30+,32+,33-,36+/m1/s1. The van der Waals surface area contributed by atoms with E-state index in [2.05, 4.69) is 63.4 Å². The van der Waals surface area contributed by atoms with Crippen LogP contribution in [0.1, 0.15) is 57.5 Å². The third kappa shape index (κ3) is 9.65. The van der Waals surface area contributed by atoms with E-state index in [0.717, 1.165) is 5.56 Å². The molecule has 0 bridgehead atoms. The third-order valence-electron chi connectivity index (χ3n) is 9.60. The average molecular weight is 847 g/mol. The van der Waals surface area contributed by atoms with Crippen molar-refractivity contribution >= 4 is 65.2 Å². The Hall–Kier alpha value is -1.14. The van der Waals surface area contributed by atoms with Gasteiger partial charge in [-0.1, -0.05) is 104 Å². The van der Waals surface area contributed by atoms with Crippen molar-refractivity contribution in [2.75, 3.05) is 13.4 Å². The molecule has 2 aliphatic heterocycles. The molecule has 0 N–H and O–H groups in total. The molecular weight excluding hydrogens is 796 g/mol. The van der Waals surface area contributed by atoms with Crippen molar-refractivity contribution in [3.63, 3.8) is 0 Å². The number of carbonyl (C=O) groups excluding carboxylic acids is 1. The van der Waals surface area contributed by atoms with Crippen LogP contribution in [0, 0.1) is 0 Å². The number of rotatable bonds is 11. The second-order valence-electron chi connectivity index (χ2n) is 14.2. The fraction of sp³-hybridized carbons (Fsp3) is 0.611. The summed E-state index contributed by atoms with van der Waals surface area (Å²) >= 11 is 9.18. The van der Waals surface area contributed by atoms with Crippen molar-refractivity contribution in [1.82, 2.24) is 0 Å². The average Bonchev–Trinajstić information content (AvgIpc) is 3.06. The van der Waals surface area contributed by atoms with Crippen LogP contribution in [0.3, 0.4) is 0 Å². The van der Waals surface area contributed by atoms with Crippen LogP contribution in [0.4, 0.5) is 0 Å². The van der Waals surface area contributed by atoms with Crippen LogP contribution in [0.25, 0.3) is 0 Å². The summed E-state index contributed by atoms with van der Waals surface area (Å²) in [6.07, 6.45) is -3.87. The minimum atomic E-state index is -2.38. The largest absolute Gasteiger partial charge is 0.467 e. The number of hydrogen-bond acceptors (Lipinski definition) is 11. The van der Waals surface area contributed by atoms with E-state index in [1.165, 1.54) is 11.8 Å². The third-order valence-corrected chi connectivity index (χ3v) is 17.0. The van der Waals surface area contributed by atoms with E-state index in [-0.39, 0.29) is 13.3 Å². The number of thioether (sulfide) groups is 1. The van der Waals surface area contributed by atoms with Crippen LogP contribution in [0.2, 0.25) is 18.1 Å². The van der Waals surface area contributed by atoms with Crippen LogP contribution in [0.5, 0.6) is 0 Å². The molecule has 0 aromatic heterocycles. The summed E-state index contributed by atoms with van der Waals surface area (Å²) in [6.45, 7) is 17.4. The summed E-state index contributed by atoms with van der Waals surface area (Å²) < 4.78 is 52.1. The number of alkyl halides is 1. The second-order valence-corrected chi connectivity index (χ2v) is 21.7. The lowest BCUT2D eigenvalue weighted by Crippen LogP contribution is -2.70. The Balaban J connectivity index is 1.66. The minimum Gasteiger partial charge on any atom is -0.467 e. The van der Waals surface area contributed by atoms with E-state index in [0.29, 0.717) is 12.2 Å². The van der Waals surface area contributed by atoms with Gasteiger partial charge in [-0.15, -0.1) is 0 Å². The van der Waals surface area contributed by atoms with E-state index in [1.807, 2.05) is 56.5 Å². The summed E-state index contributed by atoms with van der Waals surface area (Å²) in [5, 5.41) is -0.0815. The van der Waals surface area contributed by atoms with E-state index in [9.17, 15) is 4.79 Å². The quantitative estimate of drug-likeness (QED) is 0.0727. The molecular formula is C36H51IO9S2Si. The van der Waals surface area contributed by atoms with Crippen LogP contribution >= 0.6 is 46.6 Å². The number of methoxy groups -OCH3 is 1. The lowest BCUT2D eigenvalue weighted by Gasteiger charge is -2.56. The summed E-state index contributed by atoms with van der Waals surface area (Å²) in [5.41, 5.74) is 0.595. The molecule has 10 atom stereocenters. The zero-order valence-electron chi connectivity index (χ0n) is 30.0. The van der Waals surface area contributed by atoms with E-state index >= 15 is 0 Å². The molecule has 0 saturated carbocycles. The van der Waals surface area contributed by atoms with Crippen LogP contribution in [-0.2, 0) is 44.2 Å². The number of esters is 1. The zero-order chi connectivity index (χ0) is 36.1. The van der Waals surface area contributed by atoms with E-state index in [4.69, 9.17) is 49.8 Å². The highest BCUT2D eigenvalue weighted by atomic mass is 127. The molecule has 0 aliphatic carbocycles. The summed E-state index contributed by atoms with van der Waals surface area (Å²) in [4.78, 5) is 13.2. The topological polar surface area (TPSA) is 90.9 Å². The molecule has 2 aliphatic rings. The zero-order valence-corrected chi connectivity index (χ0v) is 34.8. The molecule has 2 heterocycles. The van der Waals surface area contributed by atoms with Crippen molar-refractivity contribution in [2.45, 2.75) is 125 Å². The molecule has 2 fully saturated rings. The van der Waals surface area contributed by atoms with Crippen molar-refractivity contribution in [3.05, 3.63) is 71.8 Å².